The van der Waals surface area contributed by atoms with Crippen molar-refractivity contribution in [3.8, 4) is 0 Å². The molecule has 2 aromatic carbocycles. The van der Waals surface area contributed by atoms with E-state index in [2.05, 4.69) is 5.32 Å². The number of aryl methyl sites for hydroxylation is 2. The lowest BCUT2D eigenvalue weighted by molar-refractivity contribution is -0.121. The van der Waals surface area contributed by atoms with Gasteiger partial charge in [-0.25, -0.2) is 4.90 Å². The Balaban J connectivity index is 1.80. The summed E-state index contributed by atoms with van der Waals surface area (Å²) in [6, 6.07) is 12.6. The zero-order valence-corrected chi connectivity index (χ0v) is 19.2. The molecule has 2 aliphatic rings. The fourth-order valence-corrected chi connectivity index (χ4v) is 4.69. The quantitative estimate of drug-likeness (QED) is 0.687. The number of hydrogen-bond donors (Lipinski definition) is 2. The normalized spacial score (nSPS) is 18.8. The van der Waals surface area contributed by atoms with E-state index in [0.717, 1.165) is 24.0 Å². The van der Waals surface area contributed by atoms with Crippen LogP contribution < -0.4 is 10.2 Å². The fraction of sp³-hybridized carbons (Fsp3) is 0.346. The summed E-state index contributed by atoms with van der Waals surface area (Å²) in [5.41, 5.74) is 4.46. The van der Waals surface area contributed by atoms with Crippen LogP contribution >= 0.6 is 0 Å². The van der Waals surface area contributed by atoms with Crippen molar-refractivity contribution >= 4 is 34.7 Å². The van der Waals surface area contributed by atoms with Crippen LogP contribution in [0, 0.1) is 19.8 Å². The van der Waals surface area contributed by atoms with Crippen LogP contribution in [0.3, 0.4) is 0 Å². The molecule has 2 N–H and O–H groups in total. The van der Waals surface area contributed by atoms with Crippen LogP contribution in [0.15, 0.2) is 48.2 Å². The van der Waals surface area contributed by atoms with Crippen molar-refractivity contribution in [2.45, 2.75) is 33.6 Å². The van der Waals surface area contributed by atoms with E-state index in [1.165, 1.54) is 11.8 Å². The third-order valence-corrected chi connectivity index (χ3v) is 6.24. The summed E-state index contributed by atoms with van der Waals surface area (Å²) in [5, 5.41) is 12.4. The molecule has 0 saturated carbocycles. The summed E-state index contributed by atoms with van der Waals surface area (Å²) in [5.74, 6) is -0.821. The van der Waals surface area contributed by atoms with Gasteiger partial charge in [0.2, 0.25) is 5.91 Å². The zero-order chi connectivity index (χ0) is 23.7. The summed E-state index contributed by atoms with van der Waals surface area (Å²) in [7, 11) is 0. The Kier molecular flexibility index (Phi) is 6.33. The standard InChI is InChI=1S/C26H29N3O4/c1-16-6-11-22(17(2)13-16)29-25(32)23(20-7-9-21(10-8-20)27-18(3)31)24(26(29)33)28-12-4-5-19(14-28)15-30/h6-11,13,19,30H,4-5,12,14-15H2,1-3H3,(H,27,31). The Hall–Kier alpha value is -3.45. The van der Waals surface area contributed by atoms with Crippen molar-refractivity contribution in [1.82, 2.24) is 4.90 Å². The molecule has 0 aromatic heterocycles. The first-order valence-electron chi connectivity index (χ1n) is 11.2. The van der Waals surface area contributed by atoms with E-state index in [4.69, 9.17) is 0 Å². The monoisotopic (exact) mass is 447 g/mol. The van der Waals surface area contributed by atoms with E-state index < -0.39 is 0 Å². The lowest BCUT2D eigenvalue weighted by Gasteiger charge is -2.34. The van der Waals surface area contributed by atoms with Gasteiger partial charge >= 0.3 is 0 Å². The van der Waals surface area contributed by atoms with Crippen LogP contribution in [0.4, 0.5) is 11.4 Å². The molecular weight excluding hydrogens is 418 g/mol. The second kappa shape index (κ2) is 9.19. The minimum absolute atomic E-state index is 0.0491. The highest BCUT2D eigenvalue weighted by Crippen LogP contribution is 2.38. The fourth-order valence-electron chi connectivity index (χ4n) is 4.69. The molecule has 1 unspecified atom stereocenters. The lowest BCUT2D eigenvalue weighted by atomic mass is 9.97. The molecule has 33 heavy (non-hydrogen) atoms. The molecule has 0 aliphatic carbocycles. The topological polar surface area (TPSA) is 90.0 Å². The van der Waals surface area contributed by atoms with Crippen LogP contribution in [-0.2, 0) is 14.4 Å². The number of amides is 3. The highest BCUT2D eigenvalue weighted by atomic mass is 16.3. The molecule has 7 heteroatoms. The molecule has 4 rings (SSSR count). The number of nitrogens with zero attached hydrogens (tertiary/aromatic N) is 2. The molecule has 172 valence electrons. The van der Waals surface area contributed by atoms with Crippen LogP contribution in [0.1, 0.15) is 36.5 Å². The smallest absolute Gasteiger partial charge is 0.282 e. The number of benzene rings is 2. The van der Waals surface area contributed by atoms with Gasteiger partial charge in [-0.3, -0.25) is 14.4 Å². The number of carbonyl (C=O) groups excluding carboxylic acids is 3. The highest BCUT2D eigenvalue weighted by molar-refractivity contribution is 6.45. The number of aliphatic hydroxyl groups excluding tert-OH is 1. The number of rotatable bonds is 5. The number of imide groups is 1. The van der Waals surface area contributed by atoms with Crippen molar-refractivity contribution in [2.24, 2.45) is 5.92 Å². The molecule has 2 aliphatic heterocycles. The maximum atomic E-state index is 13.7. The molecular formula is C26H29N3O4. The predicted molar refractivity (Wildman–Crippen MR) is 127 cm³/mol. The summed E-state index contributed by atoms with van der Waals surface area (Å²) >= 11 is 0. The highest BCUT2D eigenvalue weighted by Gasteiger charge is 2.43. The van der Waals surface area contributed by atoms with Gasteiger partial charge in [0.05, 0.1) is 11.3 Å². The summed E-state index contributed by atoms with van der Waals surface area (Å²) in [6.07, 6.45) is 1.73. The van der Waals surface area contributed by atoms with E-state index in [-0.39, 0.29) is 30.2 Å². The Bertz CT molecular complexity index is 1140. The van der Waals surface area contributed by atoms with Gasteiger partial charge in [0.1, 0.15) is 5.70 Å². The van der Waals surface area contributed by atoms with Crippen molar-refractivity contribution < 1.29 is 19.5 Å². The summed E-state index contributed by atoms with van der Waals surface area (Å²) < 4.78 is 0. The van der Waals surface area contributed by atoms with Crippen molar-refractivity contribution in [3.05, 3.63) is 64.9 Å². The van der Waals surface area contributed by atoms with Crippen molar-refractivity contribution in [1.29, 1.82) is 0 Å². The van der Waals surface area contributed by atoms with Crippen LogP contribution in [0.25, 0.3) is 5.57 Å². The number of aliphatic hydroxyl groups is 1. The van der Waals surface area contributed by atoms with E-state index in [1.54, 1.807) is 24.3 Å². The minimum Gasteiger partial charge on any atom is -0.396 e. The maximum Gasteiger partial charge on any atom is 0.282 e. The van der Waals surface area contributed by atoms with Gasteiger partial charge in [0.25, 0.3) is 11.8 Å². The molecule has 0 bridgehead atoms. The molecule has 7 nitrogen and oxygen atoms in total. The second-order valence-electron chi connectivity index (χ2n) is 8.85. The molecule has 0 radical (unpaired) electrons. The lowest BCUT2D eigenvalue weighted by Crippen LogP contribution is -2.40. The Morgan fingerprint density at radius 2 is 1.82 bits per heavy atom. The molecule has 0 spiro atoms. The van der Waals surface area contributed by atoms with Gasteiger partial charge in [-0.05, 0) is 61.9 Å². The SMILES string of the molecule is CC(=O)Nc1ccc(C2=C(N3CCCC(CO)C3)C(=O)N(c3ccc(C)cc3C)C2=O)cc1. The van der Waals surface area contributed by atoms with Gasteiger partial charge in [-0.2, -0.15) is 0 Å². The largest absolute Gasteiger partial charge is 0.396 e. The first-order chi connectivity index (χ1) is 15.8. The Morgan fingerprint density at radius 3 is 2.45 bits per heavy atom. The Labute approximate surface area is 193 Å². The summed E-state index contributed by atoms with van der Waals surface area (Å²) in [6.45, 7) is 6.53. The molecule has 2 heterocycles. The number of likely N-dealkylation sites (tertiary alicyclic amines) is 1. The third-order valence-electron chi connectivity index (χ3n) is 6.24. The van der Waals surface area contributed by atoms with Gasteiger partial charge in [0.15, 0.2) is 0 Å². The van der Waals surface area contributed by atoms with E-state index >= 15 is 0 Å². The first-order valence-corrected chi connectivity index (χ1v) is 11.2. The van der Waals surface area contributed by atoms with Gasteiger partial charge < -0.3 is 15.3 Å². The zero-order valence-electron chi connectivity index (χ0n) is 19.2. The van der Waals surface area contributed by atoms with Gasteiger partial charge in [0, 0.05) is 32.3 Å². The third kappa shape index (κ3) is 4.41. The molecule has 2 aromatic rings. The number of hydrogen-bond acceptors (Lipinski definition) is 5. The van der Waals surface area contributed by atoms with Gasteiger partial charge in [-0.15, -0.1) is 0 Å². The van der Waals surface area contributed by atoms with Gasteiger partial charge in [-0.1, -0.05) is 29.8 Å². The second-order valence-corrected chi connectivity index (χ2v) is 8.85. The van der Waals surface area contributed by atoms with Crippen LogP contribution in [0.5, 0.6) is 0 Å². The molecule has 1 atom stereocenters. The van der Waals surface area contributed by atoms with Crippen molar-refractivity contribution in [3.63, 3.8) is 0 Å². The summed E-state index contributed by atoms with van der Waals surface area (Å²) in [4.78, 5) is 42.0. The molecule has 1 saturated heterocycles. The van der Waals surface area contributed by atoms with E-state index in [1.807, 2.05) is 36.9 Å². The average Bonchev–Trinajstić information content (AvgIpc) is 3.04. The molecule has 1 fully saturated rings. The average molecular weight is 448 g/mol. The van der Waals surface area contributed by atoms with E-state index in [0.29, 0.717) is 41.3 Å². The number of anilines is 2. The minimum atomic E-state index is -0.361. The first kappa shape index (κ1) is 22.7. The van der Waals surface area contributed by atoms with Crippen LogP contribution in [0.2, 0.25) is 0 Å². The maximum absolute atomic E-state index is 13.7. The van der Waals surface area contributed by atoms with E-state index in [9.17, 15) is 19.5 Å². The number of carbonyl (C=O) groups is 3. The Morgan fingerprint density at radius 1 is 1.09 bits per heavy atom. The molecule has 3 amide bonds. The number of nitrogens with one attached hydrogen (secondary N) is 1. The van der Waals surface area contributed by atoms with Crippen LogP contribution in [-0.4, -0.2) is 47.4 Å². The predicted octanol–water partition coefficient (Wildman–Crippen LogP) is 3.25. The van der Waals surface area contributed by atoms with Crippen molar-refractivity contribution in [2.75, 3.05) is 29.9 Å². The number of piperidine rings is 1.